The van der Waals surface area contributed by atoms with E-state index in [1.807, 2.05) is 5.38 Å². The minimum Gasteiger partial charge on any atom is -0.481 e. The summed E-state index contributed by atoms with van der Waals surface area (Å²) in [5.41, 5.74) is 1.75. The van der Waals surface area contributed by atoms with Crippen LogP contribution in [0.15, 0.2) is 5.38 Å². The second-order valence-corrected chi connectivity index (χ2v) is 7.27. The lowest BCUT2D eigenvalue weighted by Crippen LogP contribution is -2.57. The normalized spacial score (nSPS) is 24.0. The molecule has 2 N–H and O–H groups in total. The van der Waals surface area contributed by atoms with Crippen LogP contribution < -0.4 is 5.32 Å². The van der Waals surface area contributed by atoms with E-state index in [9.17, 15) is 14.4 Å². The number of aliphatic carboxylic acids is 1. The summed E-state index contributed by atoms with van der Waals surface area (Å²) in [6.07, 6.45) is 2.57. The van der Waals surface area contributed by atoms with Gasteiger partial charge in [-0.25, -0.2) is 0 Å². The Labute approximate surface area is 138 Å². The highest BCUT2D eigenvalue weighted by atomic mass is 32.1. The van der Waals surface area contributed by atoms with Gasteiger partial charge >= 0.3 is 5.97 Å². The molecule has 2 atom stereocenters. The van der Waals surface area contributed by atoms with E-state index in [1.54, 1.807) is 11.3 Å². The quantitative estimate of drug-likeness (QED) is 0.871. The molecule has 7 heteroatoms. The van der Waals surface area contributed by atoms with Gasteiger partial charge in [0.25, 0.3) is 5.91 Å². The van der Waals surface area contributed by atoms with E-state index in [-0.39, 0.29) is 18.2 Å². The van der Waals surface area contributed by atoms with Gasteiger partial charge < -0.3 is 15.3 Å². The third-order valence-corrected chi connectivity index (χ3v) is 5.64. The zero-order chi connectivity index (χ0) is 16.6. The number of carbonyl (C=O) groups excluding carboxylic acids is 2. The van der Waals surface area contributed by atoms with Gasteiger partial charge in [0.15, 0.2) is 0 Å². The van der Waals surface area contributed by atoms with Crippen molar-refractivity contribution in [2.24, 2.45) is 5.92 Å². The first kappa shape index (κ1) is 16.0. The standard InChI is InChI=1S/C16H20N2O4S/c1-9-2-3-10-11(8-23-13(10)6-9)16(22)18-5-4-17-15(21)12(18)7-14(19)20/h8-9,12H,2-7H2,1H3,(H,17,21)(H,19,20)/t9-,12-/m1/s1. The van der Waals surface area contributed by atoms with Crippen LogP contribution in [0.4, 0.5) is 0 Å². The number of hydrogen-bond donors (Lipinski definition) is 2. The SMILES string of the molecule is C[C@@H]1CCc2c(C(=O)N3CCNC(=O)[C@H]3CC(=O)O)csc2C1. The maximum atomic E-state index is 12.9. The van der Waals surface area contributed by atoms with Crippen molar-refractivity contribution in [1.82, 2.24) is 10.2 Å². The molecule has 1 aliphatic carbocycles. The van der Waals surface area contributed by atoms with Gasteiger partial charge in [0.05, 0.1) is 12.0 Å². The lowest BCUT2D eigenvalue weighted by Gasteiger charge is -2.34. The van der Waals surface area contributed by atoms with E-state index in [0.29, 0.717) is 24.6 Å². The monoisotopic (exact) mass is 336 g/mol. The number of thiophene rings is 1. The molecule has 1 fully saturated rings. The van der Waals surface area contributed by atoms with Crippen LogP contribution in [0.1, 0.15) is 40.6 Å². The van der Waals surface area contributed by atoms with E-state index in [4.69, 9.17) is 5.11 Å². The smallest absolute Gasteiger partial charge is 0.305 e. The Bertz CT molecular complexity index is 655. The van der Waals surface area contributed by atoms with Crippen molar-refractivity contribution in [1.29, 1.82) is 0 Å². The van der Waals surface area contributed by atoms with Crippen molar-refractivity contribution in [3.63, 3.8) is 0 Å². The first-order valence-electron chi connectivity index (χ1n) is 7.87. The molecule has 2 aliphatic rings. The minimum atomic E-state index is -1.08. The van der Waals surface area contributed by atoms with Crippen LogP contribution in [0.5, 0.6) is 0 Å². The van der Waals surface area contributed by atoms with Gasteiger partial charge in [0.1, 0.15) is 6.04 Å². The summed E-state index contributed by atoms with van der Waals surface area (Å²) >= 11 is 1.60. The topological polar surface area (TPSA) is 86.7 Å². The third kappa shape index (κ3) is 3.10. The number of carboxylic acids is 1. The summed E-state index contributed by atoms with van der Waals surface area (Å²) in [4.78, 5) is 38.6. The van der Waals surface area contributed by atoms with Crippen LogP contribution in [-0.2, 0) is 22.4 Å². The summed E-state index contributed by atoms with van der Waals surface area (Å²) in [5.74, 6) is -1.04. The van der Waals surface area contributed by atoms with Gasteiger partial charge in [-0.1, -0.05) is 6.92 Å². The van der Waals surface area contributed by atoms with Crippen LogP contribution >= 0.6 is 11.3 Å². The number of piperazine rings is 1. The number of carbonyl (C=O) groups is 3. The molecule has 1 aliphatic heterocycles. The molecule has 1 aromatic heterocycles. The number of hydrogen-bond acceptors (Lipinski definition) is 4. The molecule has 6 nitrogen and oxygen atoms in total. The van der Waals surface area contributed by atoms with Gasteiger partial charge in [-0.15, -0.1) is 11.3 Å². The molecule has 2 heterocycles. The highest BCUT2D eigenvalue weighted by Gasteiger charge is 2.36. The van der Waals surface area contributed by atoms with Crippen LogP contribution in [0, 0.1) is 5.92 Å². The fraction of sp³-hybridized carbons (Fsp3) is 0.562. The highest BCUT2D eigenvalue weighted by Crippen LogP contribution is 2.33. The Morgan fingerprint density at radius 2 is 2.26 bits per heavy atom. The van der Waals surface area contributed by atoms with Gasteiger partial charge in [-0.2, -0.15) is 0 Å². The summed E-state index contributed by atoms with van der Waals surface area (Å²) in [6, 6.07) is -0.924. The number of nitrogens with zero attached hydrogens (tertiary/aromatic N) is 1. The molecule has 3 rings (SSSR count). The van der Waals surface area contributed by atoms with Crippen molar-refractivity contribution in [3.8, 4) is 0 Å². The molecule has 23 heavy (non-hydrogen) atoms. The van der Waals surface area contributed by atoms with E-state index in [1.165, 1.54) is 9.78 Å². The summed E-state index contributed by atoms with van der Waals surface area (Å²) in [7, 11) is 0. The molecule has 0 bridgehead atoms. The number of amides is 2. The average Bonchev–Trinajstić information content (AvgIpc) is 2.91. The van der Waals surface area contributed by atoms with Crippen LogP contribution in [0.3, 0.4) is 0 Å². The van der Waals surface area contributed by atoms with Crippen molar-refractivity contribution >= 4 is 29.1 Å². The molecule has 1 saturated heterocycles. The lowest BCUT2D eigenvalue weighted by molar-refractivity contribution is -0.142. The second kappa shape index (κ2) is 6.31. The van der Waals surface area contributed by atoms with E-state index < -0.39 is 12.0 Å². The predicted octanol–water partition coefficient (Wildman–Crippen LogP) is 1.29. The van der Waals surface area contributed by atoms with Crippen molar-refractivity contribution in [2.75, 3.05) is 13.1 Å². The molecular formula is C16H20N2O4S. The molecule has 0 saturated carbocycles. The molecule has 0 radical (unpaired) electrons. The van der Waals surface area contributed by atoms with E-state index in [2.05, 4.69) is 12.2 Å². The highest BCUT2D eigenvalue weighted by molar-refractivity contribution is 7.10. The van der Waals surface area contributed by atoms with Crippen LogP contribution in [0.2, 0.25) is 0 Å². The minimum absolute atomic E-state index is 0.210. The third-order valence-electron chi connectivity index (χ3n) is 4.59. The van der Waals surface area contributed by atoms with Crippen molar-refractivity contribution in [3.05, 3.63) is 21.4 Å². The fourth-order valence-electron chi connectivity index (χ4n) is 3.34. The molecule has 0 aromatic carbocycles. The second-order valence-electron chi connectivity index (χ2n) is 6.30. The number of carboxylic acid groups (broad SMARTS) is 1. The Balaban J connectivity index is 1.86. The lowest BCUT2D eigenvalue weighted by atomic mass is 9.88. The first-order chi connectivity index (χ1) is 11.0. The molecule has 124 valence electrons. The Morgan fingerprint density at radius 1 is 1.48 bits per heavy atom. The zero-order valence-electron chi connectivity index (χ0n) is 13.0. The van der Waals surface area contributed by atoms with E-state index >= 15 is 0 Å². The zero-order valence-corrected chi connectivity index (χ0v) is 13.8. The average molecular weight is 336 g/mol. The number of nitrogens with one attached hydrogen (secondary N) is 1. The molecule has 1 aromatic rings. The Kier molecular flexibility index (Phi) is 4.39. The fourth-order valence-corrected chi connectivity index (χ4v) is 4.58. The van der Waals surface area contributed by atoms with Gasteiger partial charge in [-0.05, 0) is 30.7 Å². The Morgan fingerprint density at radius 3 is 3.00 bits per heavy atom. The summed E-state index contributed by atoms with van der Waals surface area (Å²) in [6.45, 7) is 2.93. The van der Waals surface area contributed by atoms with Gasteiger partial charge in [-0.3, -0.25) is 14.4 Å². The largest absolute Gasteiger partial charge is 0.481 e. The number of rotatable bonds is 3. The van der Waals surface area contributed by atoms with Crippen molar-refractivity contribution < 1.29 is 19.5 Å². The predicted molar refractivity (Wildman–Crippen MR) is 85.6 cm³/mol. The van der Waals surface area contributed by atoms with E-state index in [0.717, 1.165) is 24.8 Å². The molecule has 0 unspecified atom stereocenters. The molecular weight excluding hydrogens is 316 g/mol. The number of fused-ring (bicyclic) bond motifs is 1. The Hall–Kier alpha value is -1.89. The van der Waals surface area contributed by atoms with Crippen LogP contribution in [0.25, 0.3) is 0 Å². The molecule has 2 amide bonds. The van der Waals surface area contributed by atoms with Crippen LogP contribution in [-0.4, -0.2) is 46.9 Å². The van der Waals surface area contributed by atoms with Gasteiger partial charge in [0.2, 0.25) is 5.91 Å². The summed E-state index contributed by atoms with van der Waals surface area (Å²) < 4.78 is 0. The maximum absolute atomic E-state index is 12.9. The first-order valence-corrected chi connectivity index (χ1v) is 8.75. The van der Waals surface area contributed by atoms with Gasteiger partial charge in [0, 0.05) is 23.3 Å². The molecule has 0 spiro atoms. The summed E-state index contributed by atoms with van der Waals surface area (Å²) in [5, 5.41) is 13.5. The maximum Gasteiger partial charge on any atom is 0.305 e. The van der Waals surface area contributed by atoms with Crippen molar-refractivity contribution in [2.45, 2.75) is 38.6 Å².